The zero-order valence-electron chi connectivity index (χ0n) is 18.5. The molecule has 2 aromatic carbocycles. The minimum atomic E-state index is -0.540. The van der Waals surface area contributed by atoms with Gasteiger partial charge >= 0.3 is 6.03 Å². The maximum absolute atomic E-state index is 13.0. The SMILES string of the molecule is CC(C)CN1C(=N)/C(=C(\NCC#Cc2ccccc2)Nc2ccccc2)C(=O)N(C)C1=O. The molecule has 2 aromatic rings. The standard InChI is InChI=1S/C25H27N5O2/c1-18(2)17-30-22(26)21(24(31)29(3)25(30)32)23(28-20-14-8-5-9-15-20)27-16-10-13-19-11-6-4-7-12-19/h4-9,11-12,14-15,18,26-28H,16-17H2,1-3H3/b23-21-,26-22?. The first-order chi connectivity index (χ1) is 15.4. The second-order valence-corrected chi connectivity index (χ2v) is 7.76. The fraction of sp³-hybridized carbons (Fsp3) is 0.240. The van der Waals surface area contributed by atoms with E-state index in [1.165, 1.54) is 11.9 Å². The van der Waals surface area contributed by atoms with E-state index in [0.717, 1.165) is 16.2 Å². The van der Waals surface area contributed by atoms with Crippen LogP contribution < -0.4 is 10.6 Å². The van der Waals surface area contributed by atoms with Crippen molar-refractivity contribution in [1.29, 1.82) is 5.41 Å². The van der Waals surface area contributed by atoms with E-state index in [2.05, 4.69) is 22.5 Å². The molecule has 0 unspecified atom stereocenters. The lowest BCUT2D eigenvalue weighted by Gasteiger charge is -2.35. The van der Waals surface area contributed by atoms with E-state index in [4.69, 9.17) is 5.41 Å². The van der Waals surface area contributed by atoms with Gasteiger partial charge in [0.1, 0.15) is 17.2 Å². The second-order valence-electron chi connectivity index (χ2n) is 7.76. The van der Waals surface area contributed by atoms with Crippen LogP contribution in [0.25, 0.3) is 0 Å². The number of amidine groups is 1. The van der Waals surface area contributed by atoms with Crippen LogP contribution in [-0.2, 0) is 4.79 Å². The number of carbonyl (C=O) groups excluding carboxylic acids is 2. The summed E-state index contributed by atoms with van der Waals surface area (Å²) in [6.45, 7) is 4.50. The number of nitrogens with one attached hydrogen (secondary N) is 3. The molecule has 164 valence electrons. The third-order valence-corrected chi connectivity index (χ3v) is 4.74. The number of para-hydroxylation sites is 1. The molecule has 7 heteroatoms. The van der Waals surface area contributed by atoms with Crippen LogP contribution in [0.4, 0.5) is 10.5 Å². The fourth-order valence-corrected chi connectivity index (χ4v) is 3.19. The lowest BCUT2D eigenvalue weighted by atomic mass is 10.1. The molecule has 1 aliphatic heterocycles. The molecule has 7 nitrogen and oxygen atoms in total. The van der Waals surface area contributed by atoms with Crippen molar-refractivity contribution in [2.75, 3.05) is 25.5 Å². The maximum Gasteiger partial charge on any atom is 0.332 e. The molecule has 3 N–H and O–H groups in total. The van der Waals surface area contributed by atoms with E-state index < -0.39 is 11.9 Å². The fourth-order valence-electron chi connectivity index (χ4n) is 3.19. The minimum Gasteiger partial charge on any atom is -0.360 e. The number of carbonyl (C=O) groups is 2. The first-order valence-corrected chi connectivity index (χ1v) is 10.4. The van der Waals surface area contributed by atoms with Crippen LogP contribution in [0.2, 0.25) is 0 Å². The number of benzene rings is 2. The van der Waals surface area contributed by atoms with Gasteiger partial charge in [-0.1, -0.05) is 62.1 Å². The van der Waals surface area contributed by atoms with Crippen molar-refractivity contribution in [2.45, 2.75) is 13.8 Å². The Kier molecular flexibility index (Phi) is 7.29. The smallest absolute Gasteiger partial charge is 0.332 e. The molecule has 1 heterocycles. The third kappa shape index (κ3) is 5.35. The number of nitrogens with zero attached hydrogens (tertiary/aromatic N) is 2. The predicted octanol–water partition coefficient (Wildman–Crippen LogP) is 3.48. The van der Waals surface area contributed by atoms with Crippen LogP contribution in [0.3, 0.4) is 0 Å². The number of rotatable bonds is 6. The summed E-state index contributed by atoms with van der Waals surface area (Å²) in [7, 11) is 1.43. The van der Waals surface area contributed by atoms with Crippen molar-refractivity contribution in [3.05, 3.63) is 77.6 Å². The largest absolute Gasteiger partial charge is 0.360 e. The minimum absolute atomic E-state index is 0.0955. The molecule has 32 heavy (non-hydrogen) atoms. The van der Waals surface area contributed by atoms with E-state index in [1.54, 1.807) is 0 Å². The number of imide groups is 1. The van der Waals surface area contributed by atoms with Gasteiger partial charge in [0.05, 0.1) is 6.54 Å². The number of hydrogen-bond acceptors (Lipinski definition) is 5. The quantitative estimate of drug-likeness (QED) is 0.485. The predicted molar refractivity (Wildman–Crippen MR) is 126 cm³/mol. The van der Waals surface area contributed by atoms with Gasteiger partial charge in [0.15, 0.2) is 0 Å². The van der Waals surface area contributed by atoms with Gasteiger partial charge < -0.3 is 10.6 Å². The van der Waals surface area contributed by atoms with E-state index in [1.807, 2.05) is 74.5 Å². The Labute approximate surface area is 188 Å². The van der Waals surface area contributed by atoms with Gasteiger partial charge in [-0.2, -0.15) is 0 Å². The van der Waals surface area contributed by atoms with Gasteiger partial charge in [-0.3, -0.25) is 20.0 Å². The summed E-state index contributed by atoms with van der Waals surface area (Å²) in [4.78, 5) is 28.0. The van der Waals surface area contributed by atoms with Crippen molar-refractivity contribution in [1.82, 2.24) is 15.1 Å². The van der Waals surface area contributed by atoms with Crippen LogP contribution in [0.15, 0.2) is 72.1 Å². The molecule has 0 aliphatic carbocycles. The van der Waals surface area contributed by atoms with Crippen LogP contribution >= 0.6 is 0 Å². The molecule has 1 fully saturated rings. The van der Waals surface area contributed by atoms with Crippen molar-refractivity contribution >= 4 is 23.5 Å². The van der Waals surface area contributed by atoms with Crippen molar-refractivity contribution in [2.24, 2.45) is 5.92 Å². The molecule has 0 aromatic heterocycles. The number of anilines is 1. The summed E-state index contributed by atoms with van der Waals surface area (Å²) in [5.41, 5.74) is 1.72. The molecular formula is C25H27N5O2. The van der Waals surface area contributed by atoms with Crippen molar-refractivity contribution in [3.63, 3.8) is 0 Å². The molecule has 3 amide bonds. The highest BCUT2D eigenvalue weighted by molar-refractivity contribution is 6.30. The average molecular weight is 430 g/mol. The summed E-state index contributed by atoms with van der Waals surface area (Å²) in [5, 5.41) is 15.0. The average Bonchev–Trinajstić information content (AvgIpc) is 2.79. The highest BCUT2D eigenvalue weighted by Gasteiger charge is 2.39. The van der Waals surface area contributed by atoms with Gasteiger partial charge in [0.2, 0.25) is 0 Å². The second kappa shape index (κ2) is 10.3. The monoisotopic (exact) mass is 429 g/mol. The number of likely N-dealkylation sites (N-methyl/N-ethyl adjacent to an activating group) is 1. The Hall–Kier alpha value is -4.05. The Morgan fingerprint density at radius 2 is 1.66 bits per heavy atom. The molecule has 3 rings (SSSR count). The topological polar surface area (TPSA) is 88.5 Å². The molecule has 1 saturated heterocycles. The summed E-state index contributed by atoms with van der Waals surface area (Å²) in [6, 6.07) is 18.4. The molecule has 0 bridgehead atoms. The molecule has 1 aliphatic rings. The van der Waals surface area contributed by atoms with Crippen LogP contribution in [0.1, 0.15) is 19.4 Å². The number of hydrogen-bond donors (Lipinski definition) is 3. The summed E-state index contributed by atoms with van der Waals surface area (Å²) < 4.78 is 0. The number of amides is 3. The lowest BCUT2D eigenvalue weighted by Crippen LogP contribution is -2.56. The lowest BCUT2D eigenvalue weighted by molar-refractivity contribution is -0.123. The van der Waals surface area contributed by atoms with Crippen LogP contribution in [0, 0.1) is 23.2 Å². The van der Waals surface area contributed by atoms with Crippen molar-refractivity contribution < 1.29 is 9.59 Å². The van der Waals surface area contributed by atoms with E-state index >= 15 is 0 Å². The van der Waals surface area contributed by atoms with E-state index in [-0.39, 0.29) is 23.9 Å². The van der Waals surface area contributed by atoms with Crippen LogP contribution in [0.5, 0.6) is 0 Å². The molecular weight excluding hydrogens is 402 g/mol. The highest BCUT2D eigenvalue weighted by Crippen LogP contribution is 2.21. The van der Waals surface area contributed by atoms with Gasteiger partial charge in [0, 0.05) is 24.8 Å². The summed E-state index contributed by atoms with van der Waals surface area (Å²) >= 11 is 0. The normalized spacial score (nSPS) is 15.4. The van der Waals surface area contributed by atoms with Gasteiger partial charge in [-0.15, -0.1) is 0 Å². The molecule has 0 saturated carbocycles. The molecule has 0 spiro atoms. The van der Waals surface area contributed by atoms with Gasteiger partial charge in [0.25, 0.3) is 5.91 Å². The zero-order valence-corrected chi connectivity index (χ0v) is 18.5. The van der Waals surface area contributed by atoms with Crippen molar-refractivity contribution in [3.8, 4) is 11.8 Å². The first kappa shape index (κ1) is 22.6. The van der Waals surface area contributed by atoms with Gasteiger partial charge in [-0.25, -0.2) is 4.79 Å². The van der Waals surface area contributed by atoms with E-state index in [9.17, 15) is 9.59 Å². The summed E-state index contributed by atoms with van der Waals surface area (Å²) in [5.74, 6) is 5.90. The van der Waals surface area contributed by atoms with E-state index in [0.29, 0.717) is 12.4 Å². The maximum atomic E-state index is 13.0. The number of urea groups is 1. The molecule has 0 atom stereocenters. The molecule has 0 radical (unpaired) electrons. The Bertz CT molecular complexity index is 1080. The Morgan fingerprint density at radius 1 is 1.03 bits per heavy atom. The summed E-state index contributed by atoms with van der Waals surface area (Å²) in [6.07, 6.45) is 0. The zero-order chi connectivity index (χ0) is 23.1. The first-order valence-electron chi connectivity index (χ1n) is 10.4. The van der Waals surface area contributed by atoms with Crippen LogP contribution in [-0.4, -0.2) is 47.7 Å². The Balaban J connectivity index is 1.95. The van der Waals surface area contributed by atoms with Gasteiger partial charge in [-0.05, 0) is 30.2 Å². The third-order valence-electron chi connectivity index (χ3n) is 4.74. The highest BCUT2D eigenvalue weighted by atomic mass is 16.2. The Morgan fingerprint density at radius 3 is 2.28 bits per heavy atom.